The van der Waals surface area contributed by atoms with Gasteiger partial charge >= 0.3 is 6.18 Å². The molecule has 0 aromatic carbocycles. The van der Waals surface area contributed by atoms with Crippen LogP contribution in [0.15, 0.2) is 16.0 Å². The monoisotopic (exact) mass is 325 g/mol. The lowest BCUT2D eigenvalue weighted by molar-refractivity contribution is -0.140. The standard InChI is InChI=1S/C13H8F3N4OS/c1-6-10(7(2)21-20-6)8-3-4-17-11(18-8)12-19-9(5-22-12)13(14,15)16/h3,5H,1-2H3. The number of aromatic nitrogens is 4. The Morgan fingerprint density at radius 3 is 2.59 bits per heavy atom. The molecular weight excluding hydrogens is 317 g/mol. The summed E-state index contributed by atoms with van der Waals surface area (Å²) in [6.45, 7) is 3.47. The number of nitrogens with zero attached hydrogens (tertiary/aromatic N) is 4. The van der Waals surface area contributed by atoms with Crippen molar-refractivity contribution in [2.45, 2.75) is 20.0 Å². The molecule has 3 rings (SSSR count). The van der Waals surface area contributed by atoms with Crippen LogP contribution in [0.25, 0.3) is 22.1 Å². The molecule has 0 aliphatic rings. The summed E-state index contributed by atoms with van der Waals surface area (Å²) in [4.78, 5) is 11.6. The number of hydrogen-bond donors (Lipinski definition) is 0. The number of alkyl halides is 3. The molecule has 0 atom stereocenters. The quantitative estimate of drug-likeness (QED) is 0.719. The van der Waals surface area contributed by atoms with E-state index in [0.29, 0.717) is 22.7 Å². The van der Waals surface area contributed by atoms with Crippen molar-refractivity contribution in [3.63, 3.8) is 0 Å². The fourth-order valence-corrected chi connectivity index (χ4v) is 2.66. The van der Waals surface area contributed by atoms with Gasteiger partial charge in [-0.15, -0.1) is 11.3 Å². The van der Waals surface area contributed by atoms with Gasteiger partial charge in [0, 0.05) is 5.38 Å². The maximum Gasteiger partial charge on any atom is 0.434 e. The molecule has 0 bridgehead atoms. The number of aryl methyl sites for hydroxylation is 2. The molecule has 113 valence electrons. The molecule has 9 heteroatoms. The molecule has 0 N–H and O–H groups in total. The Hall–Kier alpha value is -2.29. The first-order valence-electron chi connectivity index (χ1n) is 6.07. The van der Waals surface area contributed by atoms with Crippen LogP contribution in [0.1, 0.15) is 17.1 Å². The molecule has 0 saturated heterocycles. The van der Waals surface area contributed by atoms with E-state index in [4.69, 9.17) is 4.52 Å². The first-order valence-corrected chi connectivity index (χ1v) is 6.95. The molecule has 1 radical (unpaired) electrons. The lowest BCUT2D eigenvalue weighted by Gasteiger charge is -2.01. The van der Waals surface area contributed by atoms with Crippen LogP contribution < -0.4 is 0 Å². The summed E-state index contributed by atoms with van der Waals surface area (Å²) in [5.41, 5.74) is 0.821. The normalized spacial score (nSPS) is 11.9. The number of halogens is 3. The van der Waals surface area contributed by atoms with Gasteiger partial charge in [0.05, 0.1) is 23.1 Å². The maximum atomic E-state index is 12.6. The first-order chi connectivity index (χ1) is 10.4. The second-order valence-electron chi connectivity index (χ2n) is 4.44. The van der Waals surface area contributed by atoms with Crippen LogP contribution in [0, 0.1) is 20.0 Å². The summed E-state index contributed by atoms with van der Waals surface area (Å²) in [5.74, 6) is 0.642. The second kappa shape index (κ2) is 5.16. The Morgan fingerprint density at radius 2 is 2.00 bits per heavy atom. The molecule has 0 unspecified atom stereocenters. The summed E-state index contributed by atoms with van der Waals surface area (Å²) in [5, 5.41) is 4.83. The number of hydrogen-bond acceptors (Lipinski definition) is 6. The fraction of sp³-hybridized carbons (Fsp3) is 0.231. The molecule has 0 aliphatic heterocycles. The highest BCUT2D eigenvalue weighted by Crippen LogP contribution is 2.33. The molecule has 0 aliphatic carbocycles. The number of thiazole rings is 1. The third-order valence-electron chi connectivity index (χ3n) is 2.87. The van der Waals surface area contributed by atoms with E-state index in [9.17, 15) is 13.2 Å². The van der Waals surface area contributed by atoms with Crippen LogP contribution in [0.5, 0.6) is 0 Å². The van der Waals surface area contributed by atoms with Gasteiger partial charge < -0.3 is 4.52 Å². The lowest BCUT2D eigenvalue weighted by atomic mass is 10.1. The van der Waals surface area contributed by atoms with Gasteiger partial charge in [-0.3, -0.25) is 0 Å². The lowest BCUT2D eigenvalue weighted by Crippen LogP contribution is -2.05. The highest BCUT2D eigenvalue weighted by molar-refractivity contribution is 7.13. The van der Waals surface area contributed by atoms with E-state index in [-0.39, 0.29) is 10.8 Å². The maximum absolute atomic E-state index is 12.6. The van der Waals surface area contributed by atoms with E-state index in [0.717, 1.165) is 16.7 Å². The van der Waals surface area contributed by atoms with E-state index < -0.39 is 11.9 Å². The predicted molar refractivity (Wildman–Crippen MR) is 71.9 cm³/mol. The van der Waals surface area contributed by atoms with Crippen molar-refractivity contribution in [3.05, 3.63) is 34.8 Å². The predicted octanol–water partition coefficient (Wildman–Crippen LogP) is 3.69. The van der Waals surface area contributed by atoms with Gasteiger partial charge in [0.25, 0.3) is 0 Å². The zero-order chi connectivity index (χ0) is 15.9. The van der Waals surface area contributed by atoms with Crippen LogP contribution in [0.3, 0.4) is 0 Å². The third kappa shape index (κ3) is 2.59. The number of rotatable bonds is 2. The van der Waals surface area contributed by atoms with Gasteiger partial charge in [0.15, 0.2) is 16.5 Å². The molecule has 3 aromatic heterocycles. The minimum atomic E-state index is -4.49. The Bertz CT molecular complexity index is 805. The van der Waals surface area contributed by atoms with Crippen molar-refractivity contribution in [2.75, 3.05) is 0 Å². The first kappa shape index (κ1) is 14.6. The van der Waals surface area contributed by atoms with Gasteiger partial charge in [-0.05, 0) is 19.9 Å². The SMILES string of the molecule is Cc1noc(C)c1-c1c[c]nc(-c2nc(C(F)(F)F)cs2)n1. The Balaban J connectivity index is 2.04. The van der Waals surface area contributed by atoms with Crippen LogP contribution in [0.2, 0.25) is 0 Å². The Kier molecular flexibility index (Phi) is 3.44. The third-order valence-corrected chi connectivity index (χ3v) is 3.71. The zero-order valence-corrected chi connectivity index (χ0v) is 12.2. The van der Waals surface area contributed by atoms with Crippen molar-refractivity contribution < 1.29 is 17.7 Å². The summed E-state index contributed by atoms with van der Waals surface area (Å²) in [6, 6.07) is 1.52. The Morgan fingerprint density at radius 1 is 1.23 bits per heavy atom. The fourth-order valence-electron chi connectivity index (χ4n) is 1.90. The van der Waals surface area contributed by atoms with E-state index in [1.54, 1.807) is 13.8 Å². The van der Waals surface area contributed by atoms with Crippen molar-refractivity contribution in [1.29, 1.82) is 0 Å². The molecule has 3 heterocycles. The van der Waals surface area contributed by atoms with Crippen molar-refractivity contribution in [3.8, 4) is 22.1 Å². The molecule has 0 saturated carbocycles. The smallest absolute Gasteiger partial charge is 0.361 e. The van der Waals surface area contributed by atoms with Crippen LogP contribution >= 0.6 is 11.3 Å². The summed E-state index contributed by atoms with van der Waals surface area (Å²) in [6.07, 6.45) is -1.87. The molecule has 5 nitrogen and oxygen atoms in total. The average Bonchev–Trinajstić information content (AvgIpc) is 3.06. The van der Waals surface area contributed by atoms with Gasteiger partial charge in [-0.2, -0.15) is 13.2 Å². The molecule has 22 heavy (non-hydrogen) atoms. The largest absolute Gasteiger partial charge is 0.434 e. The molecule has 0 spiro atoms. The average molecular weight is 325 g/mol. The van der Waals surface area contributed by atoms with E-state index in [1.807, 2.05) is 0 Å². The highest BCUT2D eigenvalue weighted by Gasteiger charge is 2.34. The van der Waals surface area contributed by atoms with E-state index in [1.165, 1.54) is 6.07 Å². The van der Waals surface area contributed by atoms with E-state index in [2.05, 4.69) is 26.3 Å². The van der Waals surface area contributed by atoms with Crippen LogP contribution in [-0.4, -0.2) is 20.1 Å². The molecule has 0 fully saturated rings. The van der Waals surface area contributed by atoms with Crippen molar-refractivity contribution >= 4 is 11.3 Å². The minimum Gasteiger partial charge on any atom is -0.361 e. The van der Waals surface area contributed by atoms with Crippen molar-refractivity contribution in [2.24, 2.45) is 0 Å². The van der Waals surface area contributed by atoms with Gasteiger partial charge in [-0.25, -0.2) is 15.0 Å². The highest BCUT2D eigenvalue weighted by atomic mass is 32.1. The summed E-state index contributed by atoms with van der Waals surface area (Å²) >= 11 is 0.829. The topological polar surface area (TPSA) is 64.7 Å². The summed E-state index contributed by atoms with van der Waals surface area (Å²) < 4.78 is 42.9. The minimum absolute atomic E-state index is 0.0807. The molecule has 0 amide bonds. The zero-order valence-electron chi connectivity index (χ0n) is 11.4. The van der Waals surface area contributed by atoms with Gasteiger partial charge in [0.2, 0.25) is 0 Å². The molecule has 3 aromatic rings. The second-order valence-corrected chi connectivity index (χ2v) is 5.30. The Labute approximate surface area is 126 Å². The summed E-state index contributed by atoms with van der Waals surface area (Å²) in [7, 11) is 0. The van der Waals surface area contributed by atoms with Crippen molar-refractivity contribution in [1.82, 2.24) is 20.1 Å². The van der Waals surface area contributed by atoms with Crippen LogP contribution in [0.4, 0.5) is 13.2 Å². The van der Waals surface area contributed by atoms with Crippen LogP contribution in [-0.2, 0) is 6.18 Å². The van der Waals surface area contributed by atoms with Gasteiger partial charge in [-0.1, -0.05) is 5.16 Å². The van der Waals surface area contributed by atoms with Gasteiger partial charge in [0.1, 0.15) is 5.76 Å². The van der Waals surface area contributed by atoms with E-state index >= 15 is 0 Å². The molecular formula is C13H8F3N4OS.